The third-order valence-corrected chi connectivity index (χ3v) is 8.88. The van der Waals surface area contributed by atoms with Crippen LogP contribution in [0.25, 0.3) is 0 Å². The Labute approximate surface area is 110 Å². The van der Waals surface area contributed by atoms with Crippen LogP contribution in [-0.4, -0.2) is 14.4 Å². The molecule has 0 N–H and O–H groups in total. The van der Waals surface area contributed by atoms with Gasteiger partial charge in [-0.1, -0.05) is 40.7 Å². The zero-order valence-corrected chi connectivity index (χ0v) is 14.1. The molecule has 0 aromatic rings. The number of hydrogen-bond acceptors (Lipinski definition) is 1. The van der Waals surface area contributed by atoms with Crippen molar-refractivity contribution in [2.45, 2.75) is 72.2 Å². The number of allylic oxidation sites excluding steroid dienone is 1. The van der Waals surface area contributed by atoms with E-state index in [1.54, 1.807) is 0 Å². The van der Waals surface area contributed by atoms with Crippen molar-refractivity contribution in [1.82, 2.24) is 0 Å². The monoisotopic (exact) mass is 256 g/mol. The second-order valence-electron chi connectivity index (χ2n) is 7.00. The standard InChI is InChI=1S/C15H32OSi/c1-10-12(2)13(3)11-14(4)16-17(8,9)15(5,6)7/h10,12-14H,1,11H2,2-9H3/t12-,13-,14-/m1/s1. The molecule has 0 aliphatic rings. The minimum Gasteiger partial charge on any atom is -0.414 e. The first kappa shape index (κ1) is 16.9. The van der Waals surface area contributed by atoms with Crippen molar-refractivity contribution in [1.29, 1.82) is 0 Å². The summed E-state index contributed by atoms with van der Waals surface area (Å²) in [6.45, 7) is 22.1. The third kappa shape index (κ3) is 5.39. The van der Waals surface area contributed by atoms with E-state index in [4.69, 9.17) is 4.43 Å². The molecule has 0 saturated carbocycles. The summed E-state index contributed by atoms with van der Waals surface area (Å²) in [5.41, 5.74) is 0. The van der Waals surface area contributed by atoms with Gasteiger partial charge in [-0.2, -0.15) is 0 Å². The summed E-state index contributed by atoms with van der Waals surface area (Å²) in [5, 5.41) is 0.300. The van der Waals surface area contributed by atoms with Crippen LogP contribution in [0.3, 0.4) is 0 Å². The van der Waals surface area contributed by atoms with Crippen molar-refractivity contribution in [2.75, 3.05) is 0 Å². The minimum absolute atomic E-state index is 0.300. The van der Waals surface area contributed by atoms with E-state index in [0.29, 0.717) is 23.0 Å². The number of hydrogen-bond donors (Lipinski definition) is 0. The lowest BCUT2D eigenvalue weighted by Gasteiger charge is -2.39. The molecule has 0 aromatic carbocycles. The van der Waals surface area contributed by atoms with Crippen molar-refractivity contribution in [2.24, 2.45) is 11.8 Å². The molecule has 2 heteroatoms. The molecule has 0 aliphatic carbocycles. The van der Waals surface area contributed by atoms with Gasteiger partial charge in [-0.3, -0.25) is 0 Å². The lowest BCUT2D eigenvalue weighted by Crippen LogP contribution is -2.43. The summed E-state index contributed by atoms with van der Waals surface area (Å²) in [6, 6.07) is 0. The topological polar surface area (TPSA) is 9.23 Å². The molecule has 0 aromatic heterocycles. The third-order valence-electron chi connectivity index (χ3n) is 4.28. The molecule has 0 amide bonds. The Bertz CT molecular complexity index is 240. The summed E-state index contributed by atoms with van der Waals surface area (Å²) in [5.74, 6) is 1.22. The SMILES string of the molecule is C=C[C@@H](C)[C@H](C)C[C@@H](C)O[Si](C)(C)C(C)(C)C. The molecule has 0 unspecified atom stereocenters. The van der Waals surface area contributed by atoms with Gasteiger partial charge in [0.15, 0.2) is 8.32 Å². The molecular formula is C15H32OSi. The molecule has 0 rings (SSSR count). The average Bonchev–Trinajstić information content (AvgIpc) is 2.13. The van der Waals surface area contributed by atoms with E-state index in [2.05, 4.69) is 61.2 Å². The van der Waals surface area contributed by atoms with Crippen molar-refractivity contribution in [3.05, 3.63) is 12.7 Å². The van der Waals surface area contributed by atoms with Gasteiger partial charge in [0.25, 0.3) is 0 Å². The van der Waals surface area contributed by atoms with Crippen molar-refractivity contribution < 1.29 is 4.43 Å². The number of rotatable bonds is 6. The zero-order chi connectivity index (χ0) is 13.9. The lowest BCUT2D eigenvalue weighted by molar-refractivity contribution is 0.161. The first-order chi connectivity index (χ1) is 7.51. The Morgan fingerprint density at radius 3 is 2.00 bits per heavy atom. The Morgan fingerprint density at radius 2 is 1.65 bits per heavy atom. The van der Waals surface area contributed by atoms with E-state index >= 15 is 0 Å². The summed E-state index contributed by atoms with van der Waals surface area (Å²) in [7, 11) is -1.61. The van der Waals surface area contributed by atoms with Crippen molar-refractivity contribution in [3.8, 4) is 0 Å². The Hall–Kier alpha value is -0.0831. The highest BCUT2D eigenvalue weighted by Gasteiger charge is 2.38. The average molecular weight is 257 g/mol. The Kier molecular flexibility index (Phi) is 6.16. The van der Waals surface area contributed by atoms with Gasteiger partial charge < -0.3 is 4.43 Å². The van der Waals surface area contributed by atoms with Crippen LogP contribution in [0.1, 0.15) is 48.0 Å². The van der Waals surface area contributed by atoms with Gasteiger partial charge >= 0.3 is 0 Å². The summed E-state index contributed by atoms with van der Waals surface area (Å²) in [4.78, 5) is 0. The summed E-state index contributed by atoms with van der Waals surface area (Å²) < 4.78 is 6.37. The molecule has 0 aliphatic heterocycles. The second kappa shape index (κ2) is 6.19. The van der Waals surface area contributed by atoms with Gasteiger partial charge in [0.1, 0.15) is 0 Å². The van der Waals surface area contributed by atoms with Crippen LogP contribution in [0.2, 0.25) is 18.1 Å². The lowest BCUT2D eigenvalue weighted by atomic mass is 9.91. The second-order valence-corrected chi connectivity index (χ2v) is 11.8. The van der Waals surface area contributed by atoms with E-state index < -0.39 is 8.32 Å². The van der Waals surface area contributed by atoms with Crippen LogP contribution in [0, 0.1) is 11.8 Å². The highest BCUT2D eigenvalue weighted by atomic mass is 28.4. The molecule has 1 nitrogen and oxygen atoms in total. The molecule has 0 spiro atoms. The summed E-state index contributed by atoms with van der Waals surface area (Å²) >= 11 is 0. The van der Waals surface area contributed by atoms with Gasteiger partial charge in [0.05, 0.1) is 0 Å². The Balaban J connectivity index is 4.36. The highest BCUT2D eigenvalue weighted by Crippen LogP contribution is 2.38. The van der Waals surface area contributed by atoms with Gasteiger partial charge in [-0.05, 0) is 43.3 Å². The molecule has 17 heavy (non-hydrogen) atoms. The fraction of sp³-hybridized carbons (Fsp3) is 0.867. The molecule has 0 heterocycles. The maximum atomic E-state index is 6.37. The smallest absolute Gasteiger partial charge is 0.192 e. The maximum Gasteiger partial charge on any atom is 0.192 e. The van der Waals surface area contributed by atoms with E-state index in [1.165, 1.54) is 0 Å². The van der Waals surface area contributed by atoms with Crippen molar-refractivity contribution >= 4 is 8.32 Å². The van der Waals surface area contributed by atoms with Gasteiger partial charge in [0.2, 0.25) is 0 Å². The molecule has 3 atom stereocenters. The van der Waals surface area contributed by atoms with E-state index in [1.807, 2.05) is 6.08 Å². The molecule has 0 saturated heterocycles. The van der Waals surface area contributed by atoms with E-state index in [-0.39, 0.29) is 0 Å². The predicted octanol–water partition coefficient (Wildman–Crippen LogP) is 5.25. The maximum absolute atomic E-state index is 6.37. The van der Waals surface area contributed by atoms with E-state index in [0.717, 1.165) is 6.42 Å². The molecule has 0 radical (unpaired) electrons. The first-order valence-corrected chi connectivity index (χ1v) is 9.72. The summed E-state index contributed by atoms with van der Waals surface area (Å²) in [6.07, 6.45) is 3.52. The quantitative estimate of drug-likeness (QED) is 0.466. The fourth-order valence-corrected chi connectivity index (χ4v) is 3.15. The molecule has 0 bridgehead atoms. The highest BCUT2D eigenvalue weighted by molar-refractivity contribution is 6.74. The van der Waals surface area contributed by atoms with Crippen molar-refractivity contribution in [3.63, 3.8) is 0 Å². The normalized spacial score (nSPS) is 18.6. The van der Waals surface area contributed by atoms with Gasteiger partial charge in [-0.15, -0.1) is 6.58 Å². The van der Waals surface area contributed by atoms with Crippen LogP contribution in [0.15, 0.2) is 12.7 Å². The minimum atomic E-state index is -1.61. The van der Waals surface area contributed by atoms with E-state index in [9.17, 15) is 0 Å². The zero-order valence-electron chi connectivity index (χ0n) is 13.1. The molecule has 102 valence electrons. The van der Waals surface area contributed by atoms with Crippen LogP contribution in [0.4, 0.5) is 0 Å². The van der Waals surface area contributed by atoms with Gasteiger partial charge in [-0.25, -0.2) is 0 Å². The molecule has 0 fully saturated rings. The predicted molar refractivity (Wildman–Crippen MR) is 80.9 cm³/mol. The van der Waals surface area contributed by atoms with Crippen LogP contribution >= 0.6 is 0 Å². The van der Waals surface area contributed by atoms with Gasteiger partial charge in [0, 0.05) is 6.10 Å². The van der Waals surface area contributed by atoms with Crippen LogP contribution in [-0.2, 0) is 4.43 Å². The largest absolute Gasteiger partial charge is 0.414 e. The molecular weight excluding hydrogens is 224 g/mol. The van der Waals surface area contributed by atoms with Crippen LogP contribution in [0.5, 0.6) is 0 Å². The fourth-order valence-electron chi connectivity index (χ4n) is 1.70. The Morgan fingerprint density at radius 1 is 1.18 bits per heavy atom. The van der Waals surface area contributed by atoms with Crippen LogP contribution < -0.4 is 0 Å². The first-order valence-electron chi connectivity index (χ1n) is 6.81.